The van der Waals surface area contributed by atoms with Crippen molar-refractivity contribution in [2.45, 2.75) is 46.2 Å². The van der Waals surface area contributed by atoms with Gasteiger partial charge in [0.05, 0.1) is 17.6 Å². The van der Waals surface area contributed by atoms with E-state index in [9.17, 15) is 0 Å². The van der Waals surface area contributed by atoms with E-state index in [1.165, 1.54) is 0 Å². The predicted octanol–water partition coefficient (Wildman–Crippen LogP) is 1.88. The van der Waals surface area contributed by atoms with Crippen molar-refractivity contribution in [2.24, 2.45) is 5.73 Å². The highest BCUT2D eigenvalue weighted by molar-refractivity contribution is 5.46. The minimum atomic E-state index is 0.336. The summed E-state index contributed by atoms with van der Waals surface area (Å²) >= 11 is 0. The average molecular weight is 208 g/mol. The maximum absolute atomic E-state index is 5.67. The largest absolute Gasteiger partial charge is 0.380 e. The average Bonchev–Trinajstić information content (AvgIpc) is 2.17. The molecule has 0 saturated carbocycles. The van der Waals surface area contributed by atoms with Crippen molar-refractivity contribution in [3.8, 4) is 0 Å². The van der Waals surface area contributed by atoms with E-state index in [-0.39, 0.29) is 0 Å². The fourth-order valence-electron chi connectivity index (χ4n) is 1.30. The first kappa shape index (κ1) is 11.9. The van der Waals surface area contributed by atoms with Gasteiger partial charge in [-0.25, -0.2) is 9.97 Å². The van der Waals surface area contributed by atoms with Crippen LogP contribution in [0.1, 0.15) is 45.1 Å². The van der Waals surface area contributed by atoms with Crippen LogP contribution in [-0.2, 0) is 6.54 Å². The molecule has 0 bridgehead atoms. The zero-order valence-electron chi connectivity index (χ0n) is 9.91. The molecular weight excluding hydrogens is 188 g/mol. The van der Waals surface area contributed by atoms with E-state index in [0.29, 0.717) is 18.5 Å². The molecule has 0 atom stereocenters. The Balaban J connectivity index is 2.98. The molecule has 0 radical (unpaired) electrons. The van der Waals surface area contributed by atoms with Gasteiger partial charge in [-0.05, 0) is 13.8 Å². The summed E-state index contributed by atoms with van der Waals surface area (Å²) in [5.41, 5.74) is 7.50. The highest BCUT2D eigenvalue weighted by Gasteiger charge is 2.08. The van der Waals surface area contributed by atoms with Crippen LogP contribution in [0.4, 0.5) is 5.69 Å². The van der Waals surface area contributed by atoms with E-state index in [1.54, 1.807) is 0 Å². The van der Waals surface area contributed by atoms with E-state index in [0.717, 1.165) is 17.2 Å². The first-order chi connectivity index (χ1) is 7.04. The molecule has 0 spiro atoms. The molecule has 0 aliphatic carbocycles. The number of anilines is 1. The van der Waals surface area contributed by atoms with Crippen molar-refractivity contribution < 1.29 is 0 Å². The Kier molecular flexibility index (Phi) is 4.03. The van der Waals surface area contributed by atoms with Gasteiger partial charge >= 0.3 is 0 Å². The molecule has 0 fully saturated rings. The van der Waals surface area contributed by atoms with Gasteiger partial charge in [0, 0.05) is 18.5 Å². The quantitative estimate of drug-likeness (QED) is 0.793. The Morgan fingerprint density at radius 1 is 1.33 bits per heavy atom. The van der Waals surface area contributed by atoms with Gasteiger partial charge in [-0.1, -0.05) is 13.8 Å². The van der Waals surface area contributed by atoms with E-state index in [2.05, 4.69) is 43.0 Å². The Morgan fingerprint density at radius 3 is 2.47 bits per heavy atom. The van der Waals surface area contributed by atoms with Crippen LogP contribution in [-0.4, -0.2) is 16.0 Å². The fourth-order valence-corrected chi connectivity index (χ4v) is 1.30. The van der Waals surface area contributed by atoms with Crippen molar-refractivity contribution >= 4 is 5.69 Å². The Morgan fingerprint density at radius 2 is 2.00 bits per heavy atom. The van der Waals surface area contributed by atoms with Crippen molar-refractivity contribution in [2.75, 3.05) is 5.32 Å². The van der Waals surface area contributed by atoms with Crippen LogP contribution in [0.25, 0.3) is 0 Å². The van der Waals surface area contributed by atoms with Crippen molar-refractivity contribution in [1.29, 1.82) is 0 Å². The van der Waals surface area contributed by atoms with Gasteiger partial charge in [-0.15, -0.1) is 0 Å². The number of hydrogen-bond donors (Lipinski definition) is 2. The minimum Gasteiger partial charge on any atom is -0.380 e. The van der Waals surface area contributed by atoms with Gasteiger partial charge in [0.15, 0.2) is 0 Å². The Bertz CT molecular complexity index is 320. The maximum atomic E-state index is 5.67. The lowest BCUT2D eigenvalue weighted by atomic mass is 10.2. The molecule has 1 aromatic heterocycles. The van der Waals surface area contributed by atoms with E-state index in [4.69, 9.17) is 5.73 Å². The molecule has 1 heterocycles. The summed E-state index contributed by atoms with van der Waals surface area (Å²) in [7, 11) is 0. The van der Waals surface area contributed by atoms with Gasteiger partial charge < -0.3 is 11.1 Å². The Labute approximate surface area is 91.3 Å². The molecule has 0 aliphatic heterocycles. The number of hydrogen-bond acceptors (Lipinski definition) is 4. The van der Waals surface area contributed by atoms with Gasteiger partial charge in [0.25, 0.3) is 0 Å². The minimum absolute atomic E-state index is 0.336. The molecule has 0 aliphatic rings. The van der Waals surface area contributed by atoms with Crippen LogP contribution in [0.3, 0.4) is 0 Å². The first-order valence-electron chi connectivity index (χ1n) is 5.37. The second-order valence-electron chi connectivity index (χ2n) is 4.25. The lowest BCUT2D eigenvalue weighted by Crippen LogP contribution is -2.15. The van der Waals surface area contributed by atoms with Crippen molar-refractivity contribution in [3.05, 3.63) is 17.7 Å². The van der Waals surface area contributed by atoms with E-state index in [1.807, 2.05) is 6.20 Å². The number of aromatic nitrogens is 2. The molecule has 15 heavy (non-hydrogen) atoms. The molecule has 3 N–H and O–H groups in total. The normalized spacial score (nSPS) is 11.1. The predicted molar refractivity (Wildman–Crippen MR) is 62.8 cm³/mol. The zero-order valence-corrected chi connectivity index (χ0v) is 9.91. The highest BCUT2D eigenvalue weighted by Crippen LogP contribution is 2.16. The second-order valence-corrected chi connectivity index (χ2v) is 4.25. The maximum Gasteiger partial charge on any atom is 0.131 e. The molecule has 4 nitrogen and oxygen atoms in total. The Hall–Kier alpha value is -1.16. The molecule has 84 valence electrons. The summed E-state index contributed by atoms with van der Waals surface area (Å²) in [5.74, 6) is 1.19. The fraction of sp³-hybridized carbons (Fsp3) is 0.636. The monoisotopic (exact) mass is 208 g/mol. The standard InChI is InChI=1S/C11H20N4/c1-7(2)11-13-6-10(14-8(3)4)9(5-12)15-11/h6-8,14H,5,12H2,1-4H3. The molecule has 0 aromatic carbocycles. The van der Waals surface area contributed by atoms with Crippen LogP contribution in [0.5, 0.6) is 0 Å². The van der Waals surface area contributed by atoms with E-state index < -0.39 is 0 Å². The van der Waals surface area contributed by atoms with Crippen LogP contribution < -0.4 is 11.1 Å². The zero-order chi connectivity index (χ0) is 11.4. The first-order valence-corrected chi connectivity index (χ1v) is 5.37. The lowest BCUT2D eigenvalue weighted by molar-refractivity contribution is 0.753. The van der Waals surface area contributed by atoms with Crippen molar-refractivity contribution in [3.63, 3.8) is 0 Å². The number of nitrogens with one attached hydrogen (secondary N) is 1. The summed E-state index contributed by atoms with van der Waals surface area (Å²) in [6, 6.07) is 0.365. The third-order valence-electron chi connectivity index (χ3n) is 2.04. The van der Waals surface area contributed by atoms with Crippen LogP contribution in [0, 0.1) is 0 Å². The summed E-state index contributed by atoms with van der Waals surface area (Å²) in [5, 5.41) is 3.29. The molecule has 1 rings (SSSR count). The summed E-state index contributed by atoms with van der Waals surface area (Å²) < 4.78 is 0. The summed E-state index contributed by atoms with van der Waals surface area (Å²) in [6.07, 6.45) is 1.82. The SMILES string of the molecule is CC(C)Nc1cnc(C(C)C)nc1CN. The van der Waals surface area contributed by atoms with Gasteiger partial charge in [-0.3, -0.25) is 0 Å². The van der Waals surface area contributed by atoms with Crippen molar-refractivity contribution in [1.82, 2.24) is 9.97 Å². The molecule has 0 amide bonds. The topological polar surface area (TPSA) is 63.8 Å². The summed E-state index contributed by atoms with van der Waals surface area (Å²) in [4.78, 5) is 8.76. The lowest BCUT2D eigenvalue weighted by Gasteiger charge is -2.14. The second kappa shape index (κ2) is 5.07. The molecule has 4 heteroatoms. The number of nitrogens with two attached hydrogens (primary N) is 1. The molecular formula is C11H20N4. The van der Waals surface area contributed by atoms with Crippen LogP contribution in [0.15, 0.2) is 6.20 Å². The third kappa shape index (κ3) is 3.16. The number of rotatable bonds is 4. The molecule has 0 unspecified atom stereocenters. The van der Waals surface area contributed by atoms with Gasteiger partial charge in [-0.2, -0.15) is 0 Å². The van der Waals surface area contributed by atoms with Crippen LogP contribution >= 0.6 is 0 Å². The molecule has 0 saturated heterocycles. The van der Waals surface area contributed by atoms with Gasteiger partial charge in [0.2, 0.25) is 0 Å². The highest BCUT2D eigenvalue weighted by atomic mass is 15.0. The summed E-state index contributed by atoms with van der Waals surface area (Å²) in [6.45, 7) is 8.75. The smallest absolute Gasteiger partial charge is 0.131 e. The number of nitrogens with zero attached hydrogens (tertiary/aromatic N) is 2. The van der Waals surface area contributed by atoms with Gasteiger partial charge in [0.1, 0.15) is 5.82 Å². The van der Waals surface area contributed by atoms with E-state index >= 15 is 0 Å². The third-order valence-corrected chi connectivity index (χ3v) is 2.04. The molecule has 1 aromatic rings. The van der Waals surface area contributed by atoms with Crippen LogP contribution in [0.2, 0.25) is 0 Å².